The fourth-order valence-corrected chi connectivity index (χ4v) is 7.07. The molecule has 114 valence electrons. The van der Waals surface area contributed by atoms with Crippen LogP contribution in [0.5, 0.6) is 0 Å². The number of hydrogen-bond acceptors (Lipinski definition) is 0. The predicted octanol–water partition coefficient (Wildman–Crippen LogP) is 5.99. The Morgan fingerprint density at radius 1 is 0.952 bits per heavy atom. The van der Waals surface area contributed by atoms with Gasteiger partial charge in [-0.2, -0.15) is 0 Å². The second-order valence-electron chi connectivity index (χ2n) is 8.95. The molecular weight excluding hydrogens is 276 g/mol. The standard InChI is InChI=1S/C20H27Cl/c1-18(2,3)19-12-14-9-15(13-19)11-17(10-14)20(19,21)16-7-5-4-6-8-16/h4-8,14-15,17H,9-13H2,1-3H3/t14-,15+,17?,19?,20?. The van der Waals surface area contributed by atoms with Crippen LogP contribution < -0.4 is 0 Å². The molecule has 1 aromatic rings. The van der Waals surface area contributed by atoms with Crippen LogP contribution in [0.15, 0.2) is 30.3 Å². The van der Waals surface area contributed by atoms with Crippen molar-refractivity contribution in [3.63, 3.8) is 0 Å². The Morgan fingerprint density at radius 3 is 2.05 bits per heavy atom. The van der Waals surface area contributed by atoms with Crippen molar-refractivity contribution in [3.8, 4) is 0 Å². The molecule has 0 N–H and O–H groups in total. The van der Waals surface area contributed by atoms with E-state index >= 15 is 0 Å². The molecule has 3 unspecified atom stereocenters. The topological polar surface area (TPSA) is 0 Å². The van der Waals surface area contributed by atoms with Crippen LogP contribution in [0.3, 0.4) is 0 Å². The zero-order chi connectivity index (χ0) is 14.9. The quantitative estimate of drug-likeness (QED) is 0.559. The summed E-state index contributed by atoms with van der Waals surface area (Å²) in [5.74, 6) is 2.53. The fourth-order valence-electron chi connectivity index (χ4n) is 6.33. The molecule has 4 aliphatic carbocycles. The van der Waals surface area contributed by atoms with Gasteiger partial charge < -0.3 is 0 Å². The highest BCUT2D eigenvalue weighted by Crippen LogP contribution is 2.75. The van der Waals surface area contributed by atoms with Crippen molar-refractivity contribution in [1.82, 2.24) is 0 Å². The van der Waals surface area contributed by atoms with Crippen LogP contribution in [0.4, 0.5) is 0 Å². The highest BCUT2D eigenvalue weighted by atomic mass is 35.5. The van der Waals surface area contributed by atoms with Crippen molar-refractivity contribution in [2.75, 3.05) is 0 Å². The Balaban J connectivity index is 1.92. The smallest absolute Gasteiger partial charge is 0.0784 e. The average molecular weight is 303 g/mol. The van der Waals surface area contributed by atoms with Gasteiger partial charge in [0, 0.05) is 0 Å². The zero-order valence-electron chi connectivity index (χ0n) is 13.5. The normalized spacial score (nSPS) is 45.0. The van der Waals surface area contributed by atoms with E-state index < -0.39 is 0 Å². The molecule has 0 spiro atoms. The van der Waals surface area contributed by atoms with Crippen molar-refractivity contribution in [1.29, 1.82) is 0 Å². The van der Waals surface area contributed by atoms with Gasteiger partial charge >= 0.3 is 0 Å². The highest BCUT2D eigenvalue weighted by molar-refractivity contribution is 6.25. The van der Waals surface area contributed by atoms with Crippen LogP contribution in [0, 0.1) is 28.6 Å². The van der Waals surface area contributed by atoms with Crippen molar-refractivity contribution < 1.29 is 0 Å². The first-order chi connectivity index (χ1) is 9.87. The van der Waals surface area contributed by atoms with Crippen LogP contribution in [0.25, 0.3) is 0 Å². The maximum atomic E-state index is 7.60. The van der Waals surface area contributed by atoms with Gasteiger partial charge in [0.2, 0.25) is 0 Å². The Bertz CT molecular complexity index is 527. The number of benzene rings is 1. The lowest BCUT2D eigenvalue weighted by Crippen LogP contribution is -2.64. The second-order valence-corrected chi connectivity index (χ2v) is 9.55. The zero-order valence-corrected chi connectivity index (χ0v) is 14.3. The second kappa shape index (κ2) is 4.28. The molecule has 1 heteroatoms. The first-order valence-electron chi connectivity index (χ1n) is 8.61. The number of halogens is 1. The van der Waals surface area contributed by atoms with Crippen LogP contribution in [0.2, 0.25) is 0 Å². The van der Waals surface area contributed by atoms with Crippen molar-refractivity contribution >= 4 is 11.6 Å². The van der Waals surface area contributed by atoms with E-state index in [1.165, 1.54) is 37.7 Å². The predicted molar refractivity (Wildman–Crippen MR) is 89.4 cm³/mol. The summed E-state index contributed by atoms with van der Waals surface area (Å²) < 4.78 is 0. The van der Waals surface area contributed by atoms with E-state index in [1.807, 2.05) is 0 Å². The first-order valence-corrected chi connectivity index (χ1v) is 8.99. The molecule has 0 aliphatic heterocycles. The summed E-state index contributed by atoms with van der Waals surface area (Å²) in [6.07, 6.45) is 6.85. The van der Waals surface area contributed by atoms with E-state index in [1.54, 1.807) is 0 Å². The molecule has 4 fully saturated rings. The van der Waals surface area contributed by atoms with Gasteiger partial charge in [-0.1, -0.05) is 51.1 Å². The summed E-state index contributed by atoms with van der Waals surface area (Å²) in [5.41, 5.74) is 1.91. The molecule has 4 aliphatic rings. The van der Waals surface area contributed by atoms with E-state index in [-0.39, 0.29) is 15.7 Å². The number of rotatable bonds is 1. The number of hydrogen-bond donors (Lipinski definition) is 0. The van der Waals surface area contributed by atoms with E-state index in [0.29, 0.717) is 5.92 Å². The summed E-state index contributed by atoms with van der Waals surface area (Å²) >= 11 is 7.60. The minimum Gasteiger partial charge on any atom is -0.113 e. The van der Waals surface area contributed by atoms with Crippen LogP contribution in [0.1, 0.15) is 58.4 Å². The Labute approximate surface area is 134 Å². The molecule has 0 amide bonds. The SMILES string of the molecule is CC(C)(C)C12C[C@@H]3CC(C[C@@H](C3)C1)C2(Cl)c1ccccc1. The first kappa shape index (κ1) is 14.1. The van der Waals surface area contributed by atoms with Gasteiger partial charge in [0.25, 0.3) is 0 Å². The summed E-state index contributed by atoms with van der Waals surface area (Å²) in [4.78, 5) is -0.153. The molecule has 5 rings (SSSR count). The van der Waals surface area contributed by atoms with Crippen LogP contribution in [-0.4, -0.2) is 0 Å². The summed E-state index contributed by atoms with van der Waals surface area (Å²) in [7, 11) is 0. The molecule has 4 bridgehead atoms. The summed E-state index contributed by atoms with van der Waals surface area (Å²) in [6.45, 7) is 7.29. The molecule has 0 heterocycles. The van der Waals surface area contributed by atoms with Gasteiger partial charge in [0.05, 0.1) is 4.87 Å². The van der Waals surface area contributed by atoms with Crippen LogP contribution >= 0.6 is 11.6 Å². The van der Waals surface area contributed by atoms with Crippen molar-refractivity contribution in [2.24, 2.45) is 28.6 Å². The molecule has 0 saturated heterocycles. The van der Waals surface area contributed by atoms with E-state index in [9.17, 15) is 0 Å². The Morgan fingerprint density at radius 2 is 1.52 bits per heavy atom. The molecule has 0 radical (unpaired) electrons. The maximum Gasteiger partial charge on any atom is 0.0784 e. The highest BCUT2D eigenvalue weighted by Gasteiger charge is 2.68. The molecule has 0 nitrogen and oxygen atoms in total. The lowest BCUT2D eigenvalue weighted by molar-refractivity contribution is -0.152. The third kappa shape index (κ3) is 1.69. The average Bonchev–Trinajstić information content (AvgIpc) is 2.43. The fraction of sp³-hybridized carbons (Fsp3) is 0.700. The van der Waals surface area contributed by atoms with E-state index in [0.717, 1.165) is 11.8 Å². The molecule has 0 aromatic heterocycles. The molecular formula is C20H27Cl. The van der Waals surface area contributed by atoms with Gasteiger partial charge in [0.1, 0.15) is 0 Å². The Kier molecular flexibility index (Phi) is 2.88. The third-order valence-corrected chi connectivity index (χ3v) is 7.95. The maximum absolute atomic E-state index is 7.60. The molecule has 5 atom stereocenters. The summed E-state index contributed by atoms with van der Waals surface area (Å²) in [5, 5.41) is 0. The van der Waals surface area contributed by atoms with Gasteiger partial charge in [-0.3, -0.25) is 0 Å². The molecule has 1 aromatic carbocycles. The van der Waals surface area contributed by atoms with Crippen molar-refractivity contribution in [3.05, 3.63) is 35.9 Å². The monoisotopic (exact) mass is 302 g/mol. The number of alkyl halides is 1. The lowest BCUT2D eigenvalue weighted by Gasteiger charge is -2.69. The minimum atomic E-state index is -0.153. The third-order valence-electron chi connectivity index (χ3n) is 7.07. The molecule has 4 saturated carbocycles. The lowest BCUT2D eigenvalue weighted by atomic mass is 9.38. The molecule has 21 heavy (non-hydrogen) atoms. The van der Waals surface area contributed by atoms with Gasteiger partial charge in [-0.05, 0) is 66.3 Å². The Hall–Kier alpha value is -0.490. The largest absolute Gasteiger partial charge is 0.113 e. The van der Waals surface area contributed by atoms with E-state index in [4.69, 9.17) is 11.6 Å². The van der Waals surface area contributed by atoms with Gasteiger partial charge in [0.15, 0.2) is 0 Å². The van der Waals surface area contributed by atoms with Gasteiger partial charge in [-0.15, -0.1) is 11.6 Å². The summed E-state index contributed by atoms with van der Waals surface area (Å²) in [6, 6.07) is 11.0. The van der Waals surface area contributed by atoms with Gasteiger partial charge in [-0.25, -0.2) is 0 Å². The van der Waals surface area contributed by atoms with Crippen molar-refractivity contribution in [2.45, 2.75) is 57.7 Å². The minimum absolute atomic E-state index is 0.153. The van der Waals surface area contributed by atoms with E-state index in [2.05, 4.69) is 51.1 Å². The van der Waals surface area contributed by atoms with Crippen LogP contribution in [-0.2, 0) is 4.87 Å².